The number of methoxy groups -OCH3 is 1. The number of benzene rings is 1. The molecular weight excluding hydrogens is 549 g/mol. The molecule has 1 aliphatic heterocycles. The highest BCUT2D eigenvalue weighted by atomic mass is 19.4. The maximum Gasteiger partial charge on any atom is 0.416 e. The number of piperidine rings is 1. The largest absolute Gasteiger partial charge is 0.416 e. The van der Waals surface area contributed by atoms with Crippen LogP contribution in [0.2, 0.25) is 0 Å². The van der Waals surface area contributed by atoms with E-state index < -0.39 is 17.6 Å². The first-order valence-corrected chi connectivity index (χ1v) is 13.9. The third kappa shape index (κ3) is 5.18. The van der Waals surface area contributed by atoms with Gasteiger partial charge >= 0.3 is 6.18 Å². The number of fused-ring (bicyclic) bond motifs is 1. The van der Waals surface area contributed by atoms with Crippen LogP contribution in [-0.4, -0.2) is 67.9 Å². The van der Waals surface area contributed by atoms with Crippen LogP contribution >= 0.6 is 0 Å². The molecule has 1 amide bonds. The number of nitrogens with zero attached hydrogens (tertiary/aromatic N) is 6. The lowest BCUT2D eigenvalue weighted by molar-refractivity contribution is -0.137. The number of likely N-dealkylation sites (tertiary alicyclic amines) is 1. The van der Waals surface area contributed by atoms with Crippen LogP contribution in [0.25, 0.3) is 22.3 Å². The van der Waals surface area contributed by atoms with E-state index >= 15 is 0 Å². The van der Waals surface area contributed by atoms with Gasteiger partial charge in [0.25, 0.3) is 5.91 Å². The van der Waals surface area contributed by atoms with Crippen LogP contribution in [0.15, 0.2) is 48.9 Å². The van der Waals surface area contributed by atoms with Crippen molar-refractivity contribution in [3.8, 4) is 11.3 Å². The zero-order valence-corrected chi connectivity index (χ0v) is 23.1. The summed E-state index contributed by atoms with van der Waals surface area (Å²) in [6, 6.07) is 8.34. The molecule has 0 bridgehead atoms. The number of nitrogen functional groups attached to an aromatic ring is 1. The van der Waals surface area contributed by atoms with Gasteiger partial charge in [-0.25, -0.2) is 19.6 Å². The maximum atomic E-state index is 13.0. The lowest BCUT2D eigenvalue weighted by Gasteiger charge is -2.52. The summed E-state index contributed by atoms with van der Waals surface area (Å²) in [6.07, 6.45) is 3.32. The number of hydrogen-bond donors (Lipinski definition) is 2. The van der Waals surface area contributed by atoms with Gasteiger partial charge in [-0.05, 0) is 62.9 Å². The summed E-state index contributed by atoms with van der Waals surface area (Å²) in [6.45, 7) is 2.55. The number of nitrogens with two attached hydrogens (primary N) is 1. The Bertz CT molecular complexity index is 1600. The lowest BCUT2D eigenvalue weighted by atomic mass is 9.75. The van der Waals surface area contributed by atoms with Gasteiger partial charge in [-0.3, -0.25) is 9.69 Å². The molecule has 1 saturated heterocycles. The molecule has 1 aliphatic carbocycles. The number of halogens is 3. The number of rotatable bonds is 7. The van der Waals surface area contributed by atoms with Gasteiger partial charge in [-0.2, -0.15) is 18.3 Å². The van der Waals surface area contributed by atoms with Crippen LogP contribution in [0.1, 0.15) is 54.1 Å². The number of amides is 1. The van der Waals surface area contributed by atoms with E-state index in [2.05, 4.69) is 25.2 Å². The van der Waals surface area contributed by atoms with E-state index in [4.69, 9.17) is 15.6 Å². The van der Waals surface area contributed by atoms with E-state index in [0.29, 0.717) is 34.7 Å². The Morgan fingerprint density at radius 3 is 2.62 bits per heavy atom. The van der Waals surface area contributed by atoms with E-state index in [0.717, 1.165) is 57.1 Å². The first-order chi connectivity index (χ1) is 20.2. The van der Waals surface area contributed by atoms with Gasteiger partial charge < -0.3 is 15.8 Å². The van der Waals surface area contributed by atoms with E-state index in [1.807, 2.05) is 4.68 Å². The Kier molecular flexibility index (Phi) is 7.31. The fourth-order valence-corrected chi connectivity index (χ4v) is 6.09. The molecule has 0 spiro atoms. The third-order valence-corrected chi connectivity index (χ3v) is 8.38. The minimum absolute atomic E-state index is 0.0766. The summed E-state index contributed by atoms with van der Waals surface area (Å²) < 4.78 is 46.7. The first-order valence-electron chi connectivity index (χ1n) is 13.9. The predicted molar refractivity (Wildman–Crippen MR) is 151 cm³/mol. The summed E-state index contributed by atoms with van der Waals surface area (Å²) in [5, 5.41) is 8.05. The molecule has 1 unspecified atom stereocenters. The van der Waals surface area contributed by atoms with Gasteiger partial charge in [0, 0.05) is 36.5 Å². The van der Waals surface area contributed by atoms with Crippen molar-refractivity contribution in [1.82, 2.24) is 29.6 Å². The van der Waals surface area contributed by atoms with Crippen molar-refractivity contribution in [2.45, 2.75) is 49.9 Å². The Morgan fingerprint density at radius 2 is 1.93 bits per heavy atom. The summed E-state index contributed by atoms with van der Waals surface area (Å²) in [4.78, 5) is 27.9. The van der Waals surface area contributed by atoms with Crippen LogP contribution in [0.5, 0.6) is 0 Å². The van der Waals surface area contributed by atoms with E-state index in [1.54, 1.807) is 31.4 Å². The summed E-state index contributed by atoms with van der Waals surface area (Å²) >= 11 is 0. The normalized spacial score (nSPS) is 19.0. The van der Waals surface area contributed by atoms with E-state index in [1.165, 1.54) is 12.7 Å². The SMILES string of the molecule is COCC1(N2CCCC(n3nc(-c4ccc(C(=O)Nc5cc(C(F)(F)F)ccn5)cc4)c4c(N)ncnc43)C2)CCC1. The number of alkyl halides is 3. The van der Waals surface area contributed by atoms with Crippen molar-refractivity contribution in [1.29, 1.82) is 0 Å². The first kappa shape index (κ1) is 28.0. The van der Waals surface area contributed by atoms with Gasteiger partial charge in [0.15, 0.2) is 5.65 Å². The van der Waals surface area contributed by atoms with Crippen molar-refractivity contribution in [2.75, 3.05) is 37.9 Å². The number of nitrogens with one attached hydrogen (secondary N) is 1. The maximum absolute atomic E-state index is 13.0. The number of carbonyl (C=O) groups is 1. The Hall–Kier alpha value is -4.10. The molecule has 220 valence electrons. The van der Waals surface area contributed by atoms with Crippen molar-refractivity contribution in [2.24, 2.45) is 0 Å². The van der Waals surface area contributed by atoms with Gasteiger partial charge in [-0.1, -0.05) is 12.1 Å². The molecule has 1 aromatic carbocycles. The average Bonchev–Trinajstić information content (AvgIpc) is 3.36. The standard InChI is InChI=1S/C29H31F3N8O2/c1-42-16-28(10-3-11-28)39-13-2-4-21(15-39)40-26-23(25(33)35-17-36-26)24(38-40)18-5-7-19(8-6-18)27(41)37-22-14-20(9-12-34-22)29(30,31)32/h5-9,12,14,17,21H,2-4,10-11,13,15-16H2,1H3,(H2,33,35,36)(H,34,37,41). The van der Waals surface area contributed by atoms with Gasteiger partial charge in [0.2, 0.25) is 0 Å². The van der Waals surface area contributed by atoms with Crippen molar-refractivity contribution in [3.63, 3.8) is 0 Å². The van der Waals surface area contributed by atoms with Crippen LogP contribution in [-0.2, 0) is 10.9 Å². The molecule has 0 radical (unpaired) electrons. The van der Waals surface area contributed by atoms with Gasteiger partial charge in [-0.15, -0.1) is 0 Å². The zero-order chi connectivity index (χ0) is 29.5. The van der Waals surface area contributed by atoms with Crippen LogP contribution in [0.4, 0.5) is 24.8 Å². The molecule has 3 aromatic heterocycles. The molecule has 2 fully saturated rings. The minimum Gasteiger partial charge on any atom is -0.383 e. The fourth-order valence-electron chi connectivity index (χ4n) is 6.09. The molecule has 1 saturated carbocycles. The summed E-state index contributed by atoms with van der Waals surface area (Å²) in [7, 11) is 1.76. The van der Waals surface area contributed by atoms with Crippen LogP contribution < -0.4 is 11.1 Å². The summed E-state index contributed by atoms with van der Waals surface area (Å²) in [5.41, 5.74) is 7.71. The predicted octanol–water partition coefficient (Wildman–Crippen LogP) is 4.95. The highest BCUT2D eigenvalue weighted by molar-refractivity contribution is 6.04. The Labute approximate surface area is 240 Å². The quantitative estimate of drug-likeness (QED) is 0.315. The molecule has 1 atom stereocenters. The molecule has 4 heterocycles. The molecule has 13 heteroatoms. The monoisotopic (exact) mass is 580 g/mol. The summed E-state index contributed by atoms with van der Waals surface area (Å²) in [5.74, 6) is -0.472. The van der Waals surface area contributed by atoms with E-state index in [-0.39, 0.29) is 23.0 Å². The number of carbonyl (C=O) groups excluding carboxylic acids is 1. The minimum atomic E-state index is -4.54. The topological polar surface area (TPSA) is 124 Å². The second-order valence-corrected chi connectivity index (χ2v) is 11.0. The molecule has 6 rings (SSSR count). The molecule has 10 nitrogen and oxygen atoms in total. The van der Waals surface area contributed by atoms with Crippen molar-refractivity contribution >= 4 is 28.6 Å². The molecule has 3 N–H and O–H groups in total. The highest BCUT2D eigenvalue weighted by Gasteiger charge is 2.44. The van der Waals surface area contributed by atoms with E-state index in [9.17, 15) is 18.0 Å². The van der Waals surface area contributed by atoms with Crippen molar-refractivity contribution < 1.29 is 22.7 Å². The van der Waals surface area contributed by atoms with Gasteiger partial charge in [0.05, 0.1) is 23.6 Å². The van der Waals surface area contributed by atoms with Crippen LogP contribution in [0.3, 0.4) is 0 Å². The smallest absolute Gasteiger partial charge is 0.383 e. The number of hydrogen-bond acceptors (Lipinski definition) is 8. The highest BCUT2D eigenvalue weighted by Crippen LogP contribution is 2.42. The third-order valence-electron chi connectivity index (χ3n) is 8.38. The Balaban J connectivity index is 1.27. The molecule has 4 aromatic rings. The number of aromatic nitrogens is 5. The number of pyridine rings is 1. The molecule has 2 aliphatic rings. The molecular formula is C29H31F3N8O2. The number of anilines is 2. The van der Waals surface area contributed by atoms with Crippen molar-refractivity contribution in [3.05, 3.63) is 60.0 Å². The van der Waals surface area contributed by atoms with Gasteiger partial charge in [0.1, 0.15) is 23.7 Å². The lowest BCUT2D eigenvalue weighted by Crippen LogP contribution is -2.59. The number of ether oxygens (including phenoxy) is 1. The Morgan fingerprint density at radius 1 is 1.14 bits per heavy atom. The van der Waals surface area contributed by atoms with Crippen LogP contribution in [0, 0.1) is 0 Å². The molecule has 42 heavy (non-hydrogen) atoms. The second kappa shape index (κ2) is 11.0. The second-order valence-electron chi connectivity index (χ2n) is 11.0. The average molecular weight is 581 g/mol. The fraction of sp³-hybridized carbons (Fsp3) is 0.414. The zero-order valence-electron chi connectivity index (χ0n) is 23.1.